The number of esters is 1. The van der Waals surface area contributed by atoms with Crippen molar-refractivity contribution in [1.29, 1.82) is 0 Å². The third-order valence-electron chi connectivity index (χ3n) is 6.48. The summed E-state index contributed by atoms with van der Waals surface area (Å²) in [5.41, 5.74) is -1.15. The third kappa shape index (κ3) is 6.33. The molecule has 0 heterocycles. The highest BCUT2D eigenvalue weighted by molar-refractivity contribution is 5.97. The summed E-state index contributed by atoms with van der Waals surface area (Å²) in [4.78, 5) is 12.6. The molecule has 2 aromatic carbocycles. The Balaban J connectivity index is 1.60. The number of rotatable bonds is 9. The number of carbonyl (C=O) groups is 1. The molecule has 3 rings (SSSR count). The Morgan fingerprint density at radius 3 is 2.36 bits per heavy atom. The Kier molecular flexibility index (Phi) is 8.49. The largest absolute Gasteiger partial charge is 0.459 e. The fourth-order valence-corrected chi connectivity index (χ4v) is 4.45. The molecule has 1 unspecified atom stereocenters. The summed E-state index contributed by atoms with van der Waals surface area (Å²) in [6.45, 7) is 1.57. The van der Waals surface area contributed by atoms with Crippen molar-refractivity contribution in [2.24, 2.45) is 5.92 Å². The maximum absolute atomic E-state index is 14.9. The Morgan fingerprint density at radius 2 is 1.73 bits per heavy atom. The lowest BCUT2D eigenvalue weighted by Gasteiger charge is -2.35. The third-order valence-corrected chi connectivity index (χ3v) is 6.48. The van der Waals surface area contributed by atoms with Gasteiger partial charge in [0.15, 0.2) is 17.5 Å². The zero-order valence-electron chi connectivity index (χ0n) is 18.7. The quantitative estimate of drug-likeness (QED) is 0.163. The number of hydrogen-bond donors (Lipinski definition) is 0. The molecule has 1 atom stereocenters. The number of halogens is 5. The van der Waals surface area contributed by atoms with E-state index in [4.69, 9.17) is 4.74 Å². The molecule has 1 fully saturated rings. The first-order valence-electron chi connectivity index (χ1n) is 11.5. The van der Waals surface area contributed by atoms with Crippen LogP contribution in [0.1, 0.15) is 68.6 Å². The molecule has 33 heavy (non-hydrogen) atoms. The van der Waals surface area contributed by atoms with Gasteiger partial charge in [-0.1, -0.05) is 44.4 Å². The number of carbonyl (C=O) groups excluding carboxylic acids is 1. The maximum atomic E-state index is 14.9. The van der Waals surface area contributed by atoms with Gasteiger partial charge in [0, 0.05) is 0 Å². The second kappa shape index (κ2) is 11.1. The van der Waals surface area contributed by atoms with Crippen molar-refractivity contribution < 1.29 is 31.5 Å². The summed E-state index contributed by atoms with van der Waals surface area (Å²) in [7, 11) is 0. The topological polar surface area (TPSA) is 26.3 Å². The number of unbranched alkanes of at least 4 members (excludes halogenated alkanes) is 2. The average molecular weight is 469 g/mol. The molecule has 0 saturated heterocycles. The van der Waals surface area contributed by atoms with E-state index in [1.165, 1.54) is 18.2 Å². The first-order valence-corrected chi connectivity index (χ1v) is 11.5. The average Bonchev–Trinajstić information content (AvgIpc) is 2.81. The molecule has 0 N–H and O–H groups in total. The van der Waals surface area contributed by atoms with Gasteiger partial charge >= 0.3 is 5.97 Å². The highest BCUT2D eigenvalue weighted by Gasteiger charge is 2.37. The first-order chi connectivity index (χ1) is 15.7. The van der Waals surface area contributed by atoms with Crippen LogP contribution in [0.5, 0.6) is 0 Å². The van der Waals surface area contributed by atoms with Gasteiger partial charge in [0.25, 0.3) is 0 Å². The normalized spacial score (nSPS) is 21.6. The van der Waals surface area contributed by atoms with Crippen molar-refractivity contribution in [3.63, 3.8) is 0 Å². The van der Waals surface area contributed by atoms with Gasteiger partial charge in [-0.15, -0.1) is 0 Å². The number of benzene rings is 2. The summed E-state index contributed by atoms with van der Waals surface area (Å²) >= 11 is 0. The van der Waals surface area contributed by atoms with Gasteiger partial charge < -0.3 is 4.74 Å². The predicted molar refractivity (Wildman–Crippen MR) is 117 cm³/mol. The molecule has 1 saturated carbocycles. The zero-order valence-corrected chi connectivity index (χ0v) is 18.7. The van der Waals surface area contributed by atoms with Crippen LogP contribution < -0.4 is 0 Å². The van der Waals surface area contributed by atoms with E-state index in [0.29, 0.717) is 32.1 Å². The van der Waals surface area contributed by atoms with Crippen molar-refractivity contribution in [2.75, 3.05) is 6.61 Å². The van der Waals surface area contributed by atoms with E-state index in [1.807, 2.05) is 0 Å². The van der Waals surface area contributed by atoms with Gasteiger partial charge in [0.1, 0.15) is 18.4 Å². The van der Waals surface area contributed by atoms with Crippen LogP contribution in [0.2, 0.25) is 0 Å². The molecule has 0 bridgehead atoms. The molecule has 1 aliphatic carbocycles. The Morgan fingerprint density at radius 1 is 1.09 bits per heavy atom. The molecule has 0 radical (unpaired) electrons. The van der Waals surface area contributed by atoms with Gasteiger partial charge in [-0.05, 0) is 67.3 Å². The molecular weight excluding hydrogens is 439 g/mol. The van der Waals surface area contributed by atoms with Crippen molar-refractivity contribution in [3.8, 4) is 11.1 Å². The number of hydrogen-bond acceptors (Lipinski definition) is 2. The van der Waals surface area contributed by atoms with Crippen LogP contribution in [0.3, 0.4) is 0 Å². The van der Waals surface area contributed by atoms with Crippen LogP contribution in [0, 0.1) is 23.4 Å². The van der Waals surface area contributed by atoms with Gasteiger partial charge in [-0.25, -0.2) is 26.7 Å². The van der Waals surface area contributed by atoms with Crippen LogP contribution >= 0.6 is 0 Å². The van der Waals surface area contributed by atoms with Crippen LogP contribution in [0.4, 0.5) is 22.0 Å². The van der Waals surface area contributed by atoms with E-state index in [9.17, 15) is 26.7 Å². The van der Waals surface area contributed by atoms with E-state index in [2.05, 4.69) is 6.92 Å². The molecule has 7 heteroatoms. The lowest BCUT2D eigenvalue weighted by molar-refractivity contribution is 0.0117. The first kappa shape index (κ1) is 25.2. The second-order valence-corrected chi connectivity index (χ2v) is 8.86. The monoisotopic (exact) mass is 468 g/mol. The van der Waals surface area contributed by atoms with Gasteiger partial charge in [0.2, 0.25) is 0 Å². The summed E-state index contributed by atoms with van der Waals surface area (Å²) in [5.74, 6) is -5.60. The molecule has 2 nitrogen and oxygen atoms in total. The lowest BCUT2D eigenvalue weighted by Crippen LogP contribution is -2.34. The molecule has 1 aliphatic rings. The van der Waals surface area contributed by atoms with Crippen LogP contribution in [0.15, 0.2) is 36.4 Å². The highest BCUT2D eigenvalue weighted by atomic mass is 19.2. The summed E-state index contributed by atoms with van der Waals surface area (Å²) in [5, 5.41) is 0. The van der Waals surface area contributed by atoms with Gasteiger partial charge in [-0.2, -0.15) is 0 Å². The van der Waals surface area contributed by atoms with Crippen molar-refractivity contribution in [2.45, 2.75) is 70.1 Å². The van der Waals surface area contributed by atoms with Crippen molar-refractivity contribution in [3.05, 3.63) is 59.4 Å². The van der Waals surface area contributed by atoms with Crippen LogP contribution in [-0.2, 0) is 4.74 Å². The van der Waals surface area contributed by atoms with Crippen LogP contribution in [0.25, 0.3) is 11.1 Å². The van der Waals surface area contributed by atoms with Crippen molar-refractivity contribution in [1.82, 2.24) is 0 Å². The minimum absolute atomic E-state index is 0.0162. The predicted octanol–water partition coefficient (Wildman–Crippen LogP) is 7.74. The van der Waals surface area contributed by atoms with Gasteiger partial charge in [-0.3, -0.25) is 0 Å². The van der Waals surface area contributed by atoms with E-state index in [1.54, 1.807) is 6.07 Å². The molecule has 180 valence electrons. The summed E-state index contributed by atoms with van der Waals surface area (Å²) < 4.78 is 75.4. The SMILES string of the molecule is CCCCCC1(F)CCC(C(F)COC(=O)c2ccccc2-c2cc(F)c(F)c(F)c2)CC1. The minimum atomic E-state index is -1.60. The van der Waals surface area contributed by atoms with E-state index >= 15 is 0 Å². The molecular formula is C26H29F5O2. The lowest BCUT2D eigenvalue weighted by atomic mass is 9.76. The van der Waals surface area contributed by atoms with E-state index in [0.717, 1.165) is 31.4 Å². The molecule has 0 aliphatic heterocycles. The van der Waals surface area contributed by atoms with Gasteiger partial charge in [0.05, 0.1) is 5.56 Å². The van der Waals surface area contributed by atoms with E-state index in [-0.39, 0.29) is 22.6 Å². The van der Waals surface area contributed by atoms with E-state index < -0.39 is 41.9 Å². The minimum Gasteiger partial charge on any atom is -0.459 e. The second-order valence-electron chi connectivity index (χ2n) is 8.86. The zero-order chi connectivity index (χ0) is 24.0. The highest BCUT2D eigenvalue weighted by Crippen LogP contribution is 2.40. The Bertz CT molecular complexity index is 930. The number of ether oxygens (including phenoxy) is 1. The molecule has 0 spiro atoms. The Labute approximate surface area is 191 Å². The van der Waals surface area contributed by atoms with Crippen LogP contribution in [-0.4, -0.2) is 24.4 Å². The molecule has 2 aromatic rings. The molecule has 0 aromatic heterocycles. The maximum Gasteiger partial charge on any atom is 0.338 e. The summed E-state index contributed by atoms with van der Waals surface area (Å²) in [6, 6.07) is 7.48. The Hall–Kier alpha value is -2.44. The summed E-state index contributed by atoms with van der Waals surface area (Å²) in [6.07, 6.45) is 3.30. The fraction of sp³-hybridized carbons (Fsp3) is 0.500. The molecule has 0 amide bonds. The fourth-order valence-electron chi connectivity index (χ4n) is 4.45. The van der Waals surface area contributed by atoms with Crippen molar-refractivity contribution >= 4 is 5.97 Å². The standard InChI is InChI=1S/C26H29F5O2/c1-2-3-6-11-26(31)12-9-17(10-13-26)23(29)16-33-25(32)20-8-5-4-7-19(20)18-14-21(27)24(30)22(28)15-18/h4-5,7-8,14-15,17,23H,2-3,6,9-13,16H2,1H3. The number of alkyl halides is 2. The smallest absolute Gasteiger partial charge is 0.338 e.